The van der Waals surface area contributed by atoms with Crippen LogP contribution in [0.4, 0.5) is 0 Å². The van der Waals surface area contributed by atoms with Gasteiger partial charge in [0, 0.05) is 12.1 Å². The van der Waals surface area contributed by atoms with E-state index in [0.29, 0.717) is 18.5 Å². The van der Waals surface area contributed by atoms with E-state index in [4.69, 9.17) is 0 Å². The van der Waals surface area contributed by atoms with Crippen LogP contribution in [-0.4, -0.2) is 30.4 Å². The summed E-state index contributed by atoms with van der Waals surface area (Å²) in [6.45, 7) is 5.67. The van der Waals surface area contributed by atoms with Gasteiger partial charge in [-0.2, -0.15) is 4.31 Å². The van der Waals surface area contributed by atoms with E-state index in [2.05, 4.69) is 6.58 Å². The van der Waals surface area contributed by atoms with Gasteiger partial charge < -0.3 is 5.11 Å². The number of hydrogen-bond acceptors (Lipinski definition) is 3. The molecule has 0 fully saturated rings. The first-order valence-corrected chi connectivity index (χ1v) is 7.34. The van der Waals surface area contributed by atoms with E-state index in [1.165, 1.54) is 4.31 Å². The molecule has 2 atom stereocenters. The summed E-state index contributed by atoms with van der Waals surface area (Å²) in [6.07, 6.45) is 1.46. The number of aliphatic hydroxyl groups excluding tert-OH is 1. The molecule has 1 heterocycles. The average molecular weight is 267 g/mol. The quantitative estimate of drug-likeness (QED) is 0.848. The number of benzene rings is 1. The smallest absolute Gasteiger partial charge is 0.243 e. The number of sulfonamides is 1. The Hall–Kier alpha value is -1.17. The van der Waals surface area contributed by atoms with Crippen molar-refractivity contribution in [3.05, 3.63) is 42.5 Å². The zero-order chi connectivity index (χ0) is 13.3. The van der Waals surface area contributed by atoms with Crippen molar-refractivity contribution in [3.63, 3.8) is 0 Å². The molecule has 4 nitrogen and oxygen atoms in total. The Morgan fingerprint density at radius 1 is 1.44 bits per heavy atom. The van der Waals surface area contributed by atoms with E-state index < -0.39 is 22.2 Å². The van der Waals surface area contributed by atoms with Crippen molar-refractivity contribution in [1.29, 1.82) is 0 Å². The molecule has 1 N–H and O–H groups in total. The summed E-state index contributed by atoms with van der Waals surface area (Å²) in [7, 11) is -3.51. The number of nitrogens with zero attached hydrogens (tertiary/aromatic N) is 1. The van der Waals surface area contributed by atoms with Crippen LogP contribution in [-0.2, 0) is 10.0 Å². The Morgan fingerprint density at radius 3 is 2.78 bits per heavy atom. The lowest BCUT2D eigenvalue weighted by Gasteiger charge is -2.37. The normalized spacial score (nSPS) is 26.6. The lowest BCUT2D eigenvalue weighted by Crippen LogP contribution is -2.46. The second-order valence-corrected chi connectivity index (χ2v) is 6.28. The molecule has 1 aliphatic heterocycles. The minimum absolute atomic E-state index is 0.208. The molecule has 0 saturated carbocycles. The van der Waals surface area contributed by atoms with Crippen LogP contribution in [0.2, 0.25) is 0 Å². The van der Waals surface area contributed by atoms with Crippen molar-refractivity contribution in [1.82, 2.24) is 4.31 Å². The van der Waals surface area contributed by atoms with Gasteiger partial charge in [0.2, 0.25) is 10.0 Å². The summed E-state index contributed by atoms with van der Waals surface area (Å²) >= 11 is 0. The van der Waals surface area contributed by atoms with Crippen molar-refractivity contribution in [2.24, 2.45) is 0 Å². The fourth-order valence-corrected chi connectivity index (χ4v) is 4.15. The van der Waals surface area contributed by atoms with Gasteiger partial charge in [-0.25, -0.2) is 8.42 Å². The number of aliphatic hydroxyl groups is 1. The maximum absolute atomic E-state index is 12.4. The molecule has 0 aromatic heterocycles. The third-order valence-electron chi connectivity index (χ3n) is 3.29. The standard InChI is InChI=1S/C13H17NO3S/c1-3-4-9-14-10(2)13(15)11-7-5-6-8-12(11)18(14,16)17/h3,5-8,10,13,15H,1,4,9H2,2H3/t10-,13-/m0/s1. The van der Waals surface area contributed by atoms with Crippen molar-refractivity contribution in [2.45, 2.75) is 30.4 Å². The summed E-state index contributed by atoms with van der Waals surface area (Å²) in [6, 6.07) is 6.17. The molecule has 0 unspecified atom stereocenters. The summed E-state index contributed by atoms with van der Waals surface area (Å²) < 4.78 is 26.2. The third-order valence-corrected chi connectivity index (χ3v) is 5.35. The largest absolute Gasteiger partial charge is 0.387 e. The Morgan fingerprint density at radius 2 is 2.11 bits per heavy atom. The van der Waals surface area contributed by atoms with Crippen LogP contribution >= 0.6 is 0 Å². The predicted molar refractivity (Wildman–Crippen MR) is 69.6 cm³/mol. The van der Waals surface area contributed by atoms with E-state index in [0.717, 1.165) is 0 Å². The topological polar surface area (TPSA) is 57.6 Å². The van der Waals surface area contributed by atoms with Crippen molar-refractivity contribution >= 4 is 10.0 Å². The Balaban J connectivity index is 2.52. The number of hydrogen-bond donors (Lipinski definition) is 1. The van der Waals surface area contributed by atoms with Crippen LogP contribution in [0.25, 0.3) is 0 Å². The van der Waals surface area contributed by atoms with Gasteiger partial charge in [0.1, 0.15) is 0 Å². The van der Waals surface area contributed by atoms with Gasteiger partial charge in [-0.1, -0.05) is 24.3 Å². The molecule has 2 rings (SSSR count). The highest BCUT2D eigenvalue weighted by atomic mass is 32.2. The summed E-state index contributed by atoms with van der Waals surface area (Å²) in [5.74, 6) is 0. The Kier molecular flexibility index (Phi) is 3.56. The second kappa shape index (κ2) is 4.84. The van der Waals surface area contributed by atoms with Gasteiger partial charge in [0.05, 0.1) is 17.0 Å². The summed E-state index contributed by atoms with van der Waals surface area (Å²) in [4.78, 5) is 0.208. The van der Waals surface area contributed by atoms with Crippen molar-refractivity contribution < 1.29 is 13.5 Å². The molecule has 18 heavy (non-hydrogen) atoms. The van der Waals surface area contributed by atoms with Crippen LogP contribution in [0.15, 0.2) is 41.8 Å². The fraction of sp³-hybridized carbons (Fsp3) is 0.385. The fourth-order valence-electron chi connectivity index (χ4n) is 2.26. The lowest BCUT2D eigenvalue weighted by molar-refractivity contribution is 0.0898. The number of fused-ring (bicyclic) bond motifs is 1. The zero-order valence-electron chi connectivity index (χ0n) is 10.3. The molecule has 0 spiro atoms. The highest BCUT2D eigenvalue weighted by Gasteiger charge is 2.40. The van der Waals surface area contributed by atoms with Gasteiger partial charge >= 0.3 is 0 Å². The first-order valence-electron chi connectivity index (χ1n) is 5.90. The third kappa shape index (κ3) is 1.98. The summed E-state index contributed by atoms with van der Waals surface area (Å²) in [5, 5.41) is 10.2. The first-order chi connectivity index (χ1) is 8.50. The van der Waals surface area contributed by atoms with E-state index in [1.54, 1.807) is 37.3 Å². The molecule has 0 aliphatic carbocycles. The molecule has 0 saturated heterocycles. The molecule has 0 bridgehead atoms. The minimum atomic E-state index is -3.51. The van der Waals surface area contributed by atoms with Crippen LogP contribution in [0.3, 0.4) is 0 Å². The molecule has 0 radical (unpaired) electrons. The van der Waals surface area contributed by atoms with Crippen molar-refractivity contribution in [3.8, 4) is 0 Å². The van der Waals surface area contributed by atoms with E-state index in [-0.39, 0.29) is 4.90 Å². The van der Waals surface area contributed by atoms with Crippen LogP contribution < -0.4 is 0 Å². The highest BCUT2D eigenvalue weighted by Crippen LogP contribution is 2.36. The molecule has 1 aliphatic rings. The van der Waals surface area contributed by atoms with Crippen LogP contribution in [0, 0.1) is 0 Å². The van der Waals surface area contributed by atoms with Gasteiger partial charge in [-0.15, -0.1) is 6.58 Å². The zero-order valence-corrected chi connectivity index (χ0v) is 11.1. The Bertz CT molecular complexity index is 553. The molecule has 5 heteroatoms. The SMILES string of the molecule is C=CCCN1[C@@H](C)[C@H](O)c2ccccc2S1(=O)=O. The van der Waals surface area contributed by atoms with Gasteiger partial charge in [0.25, 0.3) is 0 Å². The van der Waals surface area contributed by atoms with Gasteiger partial charge in [0.15, 0.2) is 0 Å². The number of rotatable bonds is 3. The first kappa shape index (κ1) is 13.3. The maximum Gasteiger partial charge on any atom is 0.243 e. The minimum Gasteiger partial charge on any atom is -0.387 e. The highest BCUT2D eigenvalue weighted by molar-refractivity contribution is 7.89. The van der Waals surface area contributed by atoms with E-state index in [1.807, 2.05) is 0 Å². The second-order valence-electron chi connectivity index (χ2n) is 4.42. The molecular weight excluding hydrogens is 250 g/mol. The molecule has 1 aromatic carbocycles. The van der Waals surface area contributed by atoms with Crippen molar-refractivity contribution in [2.75, 3.05) is 6.54 Å². The van der Waals surface area contributed by atoms with Crippen LogP contribution in [0.5, 0.6) is 0 Å². The molecule has 1 aromatic rings. The van der Waals surface area contributed by atoms with Gasteiger partial charge in [-0.3, -0.25) is 0 Å². The monoisotopic (exact) mass is 267 g/mol. The average Bonchev–Trinajstić information content (AvgIpc) is 2.36. The van der Waals surface area contributed by atoms with E-state index >= 15 is 0 Å². The van der Waals surface area contributed by atoms with Crippen LogP contribution in [0.1, 0.15) is 25.0 Å². The molecule has 0 amide bonds. The Labute approximate surface area is 108 Å². The maximum atomic E-state index is 12.4. The van der Waals surface area contributed by atoms with E-state index in [9.17, 15) is 13.5 Å². The lowest BCUT2D eigenvalue weighted by atomic mass is 10.0. The molecule has 98 valence electrons. The summed E-state index contributed by atoms with van der Waals surface area (Å²) in [5.41, 5.74) is 0.486. The molecular formula is C13H17NO3S. The predicted octanol–water partition coefficient (Wildman–Crippen LogP) is 1.69. The van der Waals surface area contributed by atoms with Gasteiger partial charge in [-0.05, 0) is 19.4 Å².